The third-order valence-corrected chi connectivity index (χ3v) is 4.07. The van der Waals surface area contributed by atoms with E-state index in [1.54, 1.807) is 0 Å². The van der Waals surface area contributed by atoms with Crippen molar-refractivity contribution in [1.29, 1.82) is 0 Å². The van der Waals surface area contributed by atoms with Crippen LogP contribution < -0.4 is 37.2 Å². The molecule has 2 atom stereocenters. The number of aromatic nitrogens is 1. The maximum Gasteiger partial charge on any atom is 3.00 e. The minimum atomic E-state index is 0. The molecule has 0 unspecified atom stereocenters. The van der Waals surface area contributed by atoms with E-state index < -0.39 is 0 Å². The van der Waals surface area contributed by atoms with E-state index in [1.165, 1.54) is 0 Å². The molecule has 0 saturated heterocycles. The molecular weight excluding hydrogens is 529 g/mol. The molecule has 0 N–H and O–H groups in total. The largest absolute Gasteiger partial charge is 3.00 e. The summed E-state index contributed by atoms with van der Waals surface area (Å²) in [5.41, 5.74) is 1.50. The minimum Gasteiger partial charge on any atom is -1.00 e. The molecular formula is C17H23Cl3N3NdO2. The molecule has 5 nitrogen and oxygen atoms in total. The normalized spacial score (nSPS) is 20.5. The van der Waals surface area contributed by atoms with Crippen molar-refractivity contribution in [1.82, 2.24) is 4.98 Å². The summed E-state index contributed by atoms with van der Waals surface area (Å²) in [5, 5.41) is 0. The number of hydrogen-bond donors (Lipinski definition) is 0. The van der Waals surface area contributed by atoms with Crippen LogP contribution in [0.3, 0.4) is 0 Å². The quantitative estimate of drug-likeness (QED) is 0.374. The first-order chi connectivity index (χ1) is 10.5. The molecule has 0 bridgehead atoms. The number of nitrogens with zero attached hydrogens (tertiary/aromatic N) is 3. The average molecular weight is 552 g/mol. The van der Waals surface area contributed by atoms with Crippen molar-refractivity contribution in [2.24, 2.45) is 21.8 Å². The van der Waals surface area contributed by atoms with Gasteiger partial charge in [0.2, 0.25) is 11.8 Å². The first-order valence-electron chi connectivity index (χ1n) is 7.93. The molecule has 0 aliphatic carbocycles. The van der Waals surface area contributed by atoms with Crippen molar-refractivity contribution in [2.45, 2.75) is 39.8 Å². The molecule has 0 fully saturated rings. The van der Waals surface area contributed by atoms with Crippen LogP contribution in [0.15, 0.2) is 28.2 Å². The Kier molecular flexibility index (Phi) is 13.9. The van der Waals surface area contributed by atoms with Crippen LogP contribution in [-0.4, -0.2) is 42.1 Å². The summed E-state index contributed by atoms with van der Waals surface area (Å²) in [6, 6.07) is 6.21. The smallest absolute Gasteiger partial charge is 1.00 e. The van der Waals surface area contributed by atoms with Gasteiger partial charge >= 0.3 is 40.8 Å². The zero-order valence-electron chi connectivity index (χ0n) is 15.2. The number of rotatable bonds is 4. The van der Waals surface area contributed by atoms with Crippen molar-refractivity contribution in [3.05, 3.63) is 29.6 Å². The van der Waals surface area contributed by atoms with E-state index in [0.29, 0.717) is 36.8 Å². The van der Waals surface area contributed by atoms with Gasteiger partial charge in [0.05, 0.1) is 12.1 Å². The van der Waals surface area contributed by atoms with E-state index in [4.69, 9.17) is 9.47 Å². The number of pyridine rings is 1. The summed E-state index contributed by atoms with van der Waals surface area (Å²) < 4.78 is 11.4. The van der Waals surface area contributed by atoms with E-state index in [2.05, 4.69) is 42.7 Å². The van der Waals surface area contributed by atoms with Crippen LogP contribution in [0.4, 0.5) is 0 Å². The Morgan fingerprint density at radius 1 is 0.808 bits per heavy atom. The molecule has 3 heterocycles. The van der Waals surface area contributed by atoms with Gasteiger partial charge in [-0.25, -0.2) is 15.0 Å². The molecule has 0 aromatic carbocycles. The molecule has 3 rings (SSSR count). The molecule has 1 aromatic rings. The Morgan fingerprint density at radius 2 is 1.19 bits per heavy atom. The summed E-state index contributed by atoms with van der Waals surface area (Å²) >= 11 is 0. The molecule has 2 aliphatic rings. The van der Waals surface area contributed by atoms with Gasteiger partial charge in [-0.05, 0) is 24.0 Å². The Balaban J connectivity index is 0. The fourth-order valence-corrected chi connectivity index (χ4v) is 2.42. The maximum absolute atomic E-state index is 5.70. The van der Waals surface area contributed by atoms with Gasteiger partial charge in [-0.15, -0.1) is 0 Å². The number of hydrogen-bond acceptors (Lipinski definition) is 5. The van der Waals surface area contributed by atoms with Crippen LogP contribution in [0, 0.1) is 52.7 Å². The Bertz CT molecular complexity index is 578. The number of halogens is 3. The van der Waals surface area contributed by atoms with Gasteiger partial charge in [0, 0.05) is 0 Å². The van der Waals surface area contributed by atoms with Crippen molar-refractivity contribution >= 4 is 11.8 Å². The summed E-state index contributed by atoms with van der Waals surface area (Å²) in [6.45, 7) is 9.86. The van der Waals surface area contributed by atoms with Gasteiger partial charge in [-0.2, -0.15) is 0 Å². The Morgan fingerprint density at radius 3 is 1.50 bits per heavy atom. The van der Waals surface area contributed by atoms with Crippen LogP contribution in [0.2, 0.25) is 0 Å². The second-order valence-electron chi connectivity index (χ2n) is 6.52. The molecule has 0 amide bonds. The van der Waals surface area contributed by atoms with Crippen molar-refractivity contribution in [3.8, 4) is 0 Å². The second-order valence-corrected chi connectivity index (χ2v) is 6.52. The first kappa shape index (κ1) is 28.5. The van der Waals surface area contributed by atoms with Gasteiger partial charge in [-0.1, -0.05) is 33.8 Å². The predicted molar refractivity (Wildman–Crippen MR) is 86.5 cm³/mol. The summed E-state index contributed by atoms with van der Waals surface area (Å²) in [6.07, 6.45) is 0. The molecule has 143 valence electrons. The van der Waals surface area contributed by atoms with Gasteiger partial charge < -0.3 is 46.7 Å². The molecule has 1 radical (unpaired) electrons. The van der Waals surface area contributed by atoms with E-state index >= 15 is 0 Å². The summed E-state index contributed by atoms with van der Waals surface area (Å²) in [4.78, 5) is 13.9. The monoisotopic (exact) mass is 548 g/mol. The van der Waals surface area contributed by atoms with Crippen LogP contribution in [0.5, 0.6) is 0 Å². The molecule has 0 spiro atoms. The van der Waals surface area contributed by atoms with E-state index in [0.717, 1.165) is 11.4 Å². The molecule has 1 aromatic heterocycles. The van der Waals surface area contributed by atoms with Crippen molar-refractivity contribution in [2.75, 3.05) is 13.2 Å². The second kappa shape index (κ2) is 12.7. The predicted octanol–water partition coefficient (Wildman–Crippen LogP) is -6.30. The minimum absolute atomic E-state index is 0. The average Bonchev–Trinajstić information content (AvgIpc) is 3.17. The SMILES string of the molecule is CC(C)[C@H]1COC(c2cccc(C3=N[C@@H](C(C)C)CO3)n2)=N1.[Cl-].[Cl-].[Cl-].[Nd+3]. The Labute approximate surface area is 207 Å². The van der Waals surface area contributed by atoms with E-state index in [1.807, 2.05) is 18.2 Å². The third-order valence-electron chi connectivity index (χ3n) is 4.07. The zero-order chi connectivity index (χ0) is 15.7. The third kappa shape index (κ3) is 6.73. The number of ether oxygens (including phenoxy) is 2. The number of aliphatic imine (C=N–C) groups is 2. The first-order valence-corrected chi connectivity index (χ1v) is 7.93. The molecule has 0 saturated carbocycles. The molecule has 2 aliphatic heterocycles. The van der Waals surface area contributed by atoms with Crippen LogP contribution in [-0.2, 0) is 9.47 Å². The van der Waals surface area contributed by atoms with E-state index in [-0.39, 0.29) is 90.1 Å². The van der Waals surface area contributed by atoms with Gasteiger partial charge in [-0.3, -0.25) is 0 Å². The van der Waals surface area contributed by atoms with Crippen molar-refractivity contribution < 1.29 is 87.5 Å². The molecule has 26 heavy (non-hydrogen) atoms. The van der Waals surface area contributed by atoms with E-state index in [9.17, 15) is 0 Å². The molecule has 9 heteroatoms. The van der Waals surface area contributed by atoms with Gasteiger partial charge in [0.1, 0.15) is 24.6 Å². The van der Waals surface area contributed by atoms with Gasteiger partial charge in [0.15, 0.2) is 0 Å². The van der Waals surface area contributed by atoms with Crippen molar-refractivity contribution in [3.63, 3.8) is 0 Å². The van der Waals surface area contributed by atoms with Crippen LogP contribution in [0.1, 0.15) is 39.1 Å². The van der Waals surface area contributed by atoms with Crippen LogP contribution in [0.25, 0.3) is 0 Å². The Hall–Kier alpha value is 0.311. The zero-order valence-corrected chi connectivity index (χ0v) is 20.7. The summed E-state index contributed by atoms with van der Waals surface area (Å²) in [7, 11) is 0. The fourth-order valence-electron chi connectivity index (χ4n) is 2.42. The standard InChI is InChI=1S/C17H23N3O2.3ClH.Nd/c1-10(2)14-8-21-16(19-14)12-6-5-7-13(18-12)17-20-15(9-22-17)11(3)4;;;;/h5-7,10-11,14-15H,8-9H2,1-4H3;3*1H;/q;;;;+3/p-3/t14-,15-;;;;/m1..../s1. The maximum atomic E-state index is 5.70. The topological polar surface area (TPSA) is 56.1 Å². The summed E-state index contributed by atoms with van der Waals surface area (Å²) in [5.74, 6) is 2.18. The fraction of sp³-hybridized carbons (Fsp3) is 0.588. The van der Waals surface area contributed by atoms with Gasteiger partial charge in [0.25, 0.3) is 0 Å². The van der Waals surface area contributed by atoms with Crippen LogP contribution >= 0.6 is 0 Å².